The van der Waals surface area contributed by atoms with Crippen molar-refractivity contribution in [1.82, 2.24) is 4.90 Å². The number of hydrogen-bond donors (Lipinski definition) is 1. The lowest BCUT2D eigenvalue weighted by Gasteiger charge is -2.42. The maximum atomic E-state index is 12.5. The van der Waals surface area contributed by atoms with Gasteiger partial charge in [-0.2, -0.15) is 0 Å². The first-order valence-electron chi connectivity index (χ1n) is 6.71. The molecular weight excluding hydrogens is 258 g/mol. The fourth-order valence-electron chi connectivity index (χ4n) is 2.64. The number of anilines is 1. The van der Waals surface area contributed by atoms with Gasteiger partial charge in [-0.1, -0.05) is 12.1 Å². The summed E-state index contributed by atoms with van der Waals surface area (Å²) >= 11 is 0. The molecule has 2 saturated heterocycles. The van der Waals surface area contributed by atoms with E-state index in [2.05, 4.69) is 0 Å². The predicted molar refractivity (Wildman–Crippen MR) is 73.1 cm³/mol. The first kappa shape index (κ1) is 13.1. The van der Waals surface area contributed by atoms with Crippen LogP contribution in [0.5, 0.6) is 0 Å². The Hall–Kier alpha value is -1.92. The van der Waals surface area contributed by atoms with Gasteiger partial charge < -0.3 is 15.4 Å². The number of nitrogens with two attached hydrogens (primary N) is 1. The Morgan fingerprint density at radius 3 is 2.70 bits per heavy atom. The van der Waals surface area contributed by atoms with Crippen molar-refractivity contribution in [2.45, 2.75) is 19.0 Å². The van der Waals surface area contributed by atoms with Crippen LogP contribution >= 0.6 is 0 Å². The third-order valence-corrected chi connectivity index (χ3v) is 3.75. The van der Waals surface area contributed by atoms with Gasteiger partial charge in [-0.3, -0.25) is 4.79 Å². The number of ether oxygens (including phenoxy) is 1. The van der Waals surface area contributed by atoms with Crippen LogP contribution in [-0.4, -0.2) is 42.6 Å². The summed E-state index contributed by atoms with van der Waals surface area (Å²) in [6.07, 6.45) is 0.310. The molecule has 0 aliphatic carbocycles. The highest BCUT2D eigenvalue weighted by Crippen LogP contribution is 2.26. The molecule has 0 spiro atoms. The van der Waals surface area contributed by atoms with Gasteiger partial charge in [0.2, 0.25) is 5.91 Å². The Balaban J connectivity index is 1.87. The number of carbonyl (C=O) groups is 2. The molecule has 2 N–H and O–H groups in total. The number of morpholine rings is 1. The molecule has 0 saturated carbocycles. The summed E-state index contributed by atoms with van der Waals surface area (Å²) < 4.78 is 5.33. The minimum atomic E-state index is -0.255. The number of benzene rings is 1. The van der Waals surface area contributed by atoms with Crippen molar-refractivity contribution >= 4 is 17.6 Å². The van der Waals surface area contributed by atoms with E-state index in [1.807, 2.05) is 12.1 Å². The van der Waals surface area contributed by atoms with Gasteiger partial charge in [-0.15, -0.1) is 0 Å². The fourth-order valence-corrected chi connectivity index (χ4v) is 2.64. The Bertz CT molecular complexity index is 529. The third-order valence-electron chi connectivity index (χ3n) is 3.75. The zero-order chi connectivity index (χ0) is 14.1. The van der Waals surface area contributed by atoms with Gasteiger partial charge in [-0.05, 0) is 17.7 Å². The first-order valence-corrected chi connectivity index (χ1v) is 6.71. The van der Waals surface area contributed by atoms with Gasteiger partial charge >= 0.3 is 6.03 Å². The average Bonchev–Trinajstić information content (AvgIpc) is 2.48. The number of imide groups is 1. The molecule has 6 heteroatoms. The van der Waals surface area contributed by atoms with Crippen LogP contribution in [0.1, 0.15) is 12.0 Å². The summed E-state index contributed by atoms with van der Waals surface area (Å²) in [5, 5.41) is 0. The molecule has 1 aromatic rings. The van der Waals surface area contributed by atoms with Crippen molar-refractivity contribution < 1.29 is 14.3 Å². The second kappa shape index (κ2) is 5.22. The van der Waals surface area contributed by atoms with E-state index in [-0.39, 0.29) is 18.0 Å². The lowest BCUT2D eigenvalue weighted by molar-refractivity contribution is -0.122. The van der Waals surface area contributed by atoms with Crippen molar-refractivity contribution in [2.24, 2.45) is 5.73 Å². The Morgan fingerprint density at radius 1 is 1.25 bits per heavy atom. The highest BCUT2D eigenvalue weighted by molar-refractivity contribution is 6.16. The number of rotatable bonds is 2. The van der Waals surface area contributed by atoms with Crippen molar-refractivity contribution in [3.8, 4) is 0 Å². The normalized spacial score (nSPS) is 22.9. The molecule has 2 aliphatic rings. The van der Waals surface area contributed by atoms with Crippen LogP contribution in [0.25, 0.3) is 0 Å². The molecule has 2 fully saturated rings. The van der Waals surface area contributed by atoms with Gasteiger partial charge in [0.05, 0.1) is 31.4 Å². The summed E-state index contributed by atoms with van der Waals surface area (Å²) in [6, 6.07) is 6.82. The van der Waals surface area contributed by atoms with Crippen molar-refractivity contribution in [1.29, 1.82) is 0 Å². The van der Waals surface area contributed by atoms with Gasteiger partial charge in [-0.25, -0.2) is 9.69 Å². The van der Waals surface area contributed by atoms with Crippen LogP contribution in [0.3, 0.4) is 0 Å². The number of amides is 3. The topological polar surface area (TPSA) is 75.9 Å². The largest absolute Gasteiger partial charge is 0.377 e. The lowest BCUT2D eigenvalue weighted by atomic mass is 10.1. The summed E-state index contributed by atoms with van der Waals surface area (Å²) in [5.41, 5.74) is 7.12. The average molecular weight is 275 g/mol. The molecule has 0 bridgehead atoms. The van der Waals surface area contributed by atoms with E-state index in [1.165, 1.54) is 4.90 Å². The number of carbonyl (C=O) groups excluding carboxylic acids is 2. The SMILES string of the molecule is NCc1ccc(N2C(=O)CC3COCCN3C2=O)cc1. The maximum absolute atomic E-state index is 12.5. The van der Waals surface area contributed by atoms with E-state index in [0.29, 0.717) is 38.4 Å². The molecule has 3 amide bonds. The maximum Gasteiger partial charge on any atom is 0.331 e. The van der Waals surface area contributed by atoms with Crippen LogP contribution < -0.4 is 10.6 Å². The first-order chi connectivity index (χ1) is 9.70. The summed E-state index contributed by atoms with van der Waals surface area (Å²) in [7, 11) is 0. The molecule has 0 aromatic heterocycles. The van der Waals surface area contributed by atoms with Gasteiger partial charge in [0.15, 0.2) is 0 Å². The molecule has 3 rings (SSSR count). The molecule has 1 aromatic carbocycles. The van der Waals surface area contributed by atoms with E-state index >= 15 is 0 Å². The molecule has 20 heavy (non-hydrogen) atoms. The molecule has 106 valence electrons. The summed E-state index contributed by atoms with van der Waals surface area (Å²) in [5.74, 6) is -0.178. The second-order valence-electron chi connectivity index (χ2n) is 5.01. The second-order valence-corrected chi connectivity index (χ2v) is 5.01. The number of fused-ring (bicyclic) bond motifs is 1. The Morgan fingerprint density at radius 2 is 2.00 bits per heavy atom. The zero-order valence-electron chi connectivity index (χ0n) is 11.1. The fraction of sp³-hybridized carbons (Fsp3) is 0.429. The van der Waals surface area contributed by atoms with Crippen LogP contribution in [-0.2, 0) is 16.1 Å². The third kappa shape index (κ3) is 2.17. The Kier molecular flexibility index (Phi) is 3.42. The van der Waals surface area contributed by atoms with Gasteiger partial charge in [0.1, 0.15) is 0 Å². The van der Waals surface area contributed by atoms with Crippen molar-refractivity contribution in [3.63, 3.8) is 0 Å². The van der Waals surface area contributed by atoms with Crippen LogP contribution in [0.4, 0.5) is 10.5 Å². The van der Waals surface area contributed by atoms with Crippen LogP contribution in [0, 0.1) is 0 Å². The molecular formula is C14H17N3O3. The molecule has 2 heterocycles. The number of nitrogens with zero attached hydrogens (tertiary/aromatic N) is 2. The van der Waals surface area contributed by atoms with Gasteiger partial charge in [0, 0.05) is 13.1 Å². The minimum absolute atomic E-state index is 0.122. The Labute approximate surface area is 117 Å². The van der Waals surface area contributed by atoms with Crippen LogP contribution in [0.2, 0.25) is 0 Å². The molecule has 6 nitrogen and oxygen atoms in total. The number of hydrogen-bond acceptors (Lipinski definition) is 4. The van der Waals surface area contributed by atoms with Crippen LogP contribution in [0.15, 0.2) is 24.3 Å². The zero-order valence-corrected chi connectivity index (χ0v) is 11.1. The molecule has 1 atom stereocenters. The standard InChI is InChI=1S/C14H17N3O3/c15-8-10-1-3-11(4-2-10)17-13(18)7-12-9-20-6-5-16(12)14(17)19/h1-4,12H,5-9,15H2. The number of urea groups is 1. The highest BCUT2D eigenvalue weighted by atomic mass is 16.5. The summed E-state index contributed by atoms with van der Waals surface area (Å²) in [4.78, 5) is 27.7. The van der Waals surface area contributed by atoms with E-state index in [4.69, 9.17) is 10.5 Å². The molecule has 2 aliphatic heterocycles. The van der Waals surface area contributed by atoms with E-state index in [9.17, 15) is 9.59 Å². The van der Waals surface area contributed by atoms with Gasteiger partial charge in [0.25, 0.3) is 0 Å². The summed E-state index contributed by atoms with van der Waals surface area (Å²) in [6.45, 7) is 1.94. The van der Waals surface area contributed by atoms with Crippen molar-refractivity contribution in [2.75, 3.05) is 24.7 Å². The predicted octanol–water partition coefficient (Wildman–Crippen LogP) is 0.703. The monoisotopic (exact) mass is 275 g/mol. The van der Waals surface area contributed by atoms with E-state index in [0.717, 1.165) is 5.56 Å². The molecule has 1 unspecified atom stereocenters. The van der Waals surface area contributed by atoms with E-state index < -0.39 is 0 Å². The van der Waals surface area contributed by atoms with E-state index in [1.54, 1.807) is 17.0 Å². The lowest BCUT2D eigenvalue weighted by Crippen LogP contribution is -2.61. The molecule has 0 radical (unpaired) electrons. The quantitative estimate of drug-likeness (QED) is 0.862. The highest BCUT2D eigenvalue weighted by Gasteiger charge is 2.40. The minimum Gasteiger partial charge on any atom is -0.377 e. The van der Waals surface area contributed by atoms with Crippen molar-refractivity contribution in [3.05, 3.63) is 29.8 Å². The smallest absolute Gasteiger partial charge is 0.331 e.